The Bertz CT molecular complexity index is 441. The molecule has 0 aromatic rings. The molecule has 8 heteroatoms. The van der Waals surface area contributed by atoms with Crippen LogP contribution in [0.4, 0.5) is 0 Å². The normalized spacial score (nSPS) is 21.5. The third kappa shape index (κ3) is 5.54. The monoisotopic (exact) mass is 320 g/mol. The highest BCUT2D eigenvalue weighted by atomic mass is 32.2. The van der Waals surface area contributed by atoms with E-state index in [9.17, 15) is 13.2 Å². The number of hydrogen-bond acceptors (Lipinski definition) is 4. The summed E-state index contributed by atoms with van der Waals surface area (Å²) in [7, 11) is -3.49. The van der Waals surface area contributed by atoms with Crippen LogP contribution in [0, 0.1) is 11.8 Å². The topological polar surface area (TPSA) is 95.9 Å². The van der Waals surface area contributed by atoms with Gasteiger partial charge in [0.1, 0.15) is 0 Å². The number of carboxylic acid groups (broad SMARTS) is 1. The Hall–Kier alpha value is -0.700. The van der Waals surface area contributed by atoms with E-state index in [0.717, 1.165) is 12.5 Å². The fourth-order valence-electron chi connectivity index (χ4n) is 2.34. The van der Waals surface area contributed by atoms with E-state index >= 15 is 0 Å². The molecule has 0 amide bonds. The van der Waals surface area contributed by atoms with Gasteiger partial charge < -0.3 is 9.84 Å². The van der Waals surface area contributed by atoms with Crippen LogP contribution >= 0.6 is 0 Å². The van der Waals surface area contributed by atoms with Gasteiger partial charge >= 0.3 is 5.97 Å². The van der Waals surface area contributed by atoms with Crippen LogP contribution in [0.3, 0.4) is 0 Å². The minimum Gasteiger partial charge on any atom is -0.481 e. The molecule has 0 radical (unpaired) electrons. The molecule has 0 aromatic carbocycles. The molecule has 7 nitrogen and oxygen atoms in total. The number of carbonyl (C=O) groups is 1. The molecule has 1 aliphatic carbocycles. The summed E-state index contributed by atoms with van der Waals surface area (Å²) in [6.07, 6.45) is 3.90. The van der Waals surface area contributed by atoms with Crippen molar-refractivity contribution in [3.8, 4) is 0 Å². The van der Waals surface area contributed by atoms with Crippen LogP contribution < -0.4 is 4.72 Å². The predicted molar refractivity (Wildman–Crippen MR) is 77.0 cm³/mol. The molecule has 0 unspecified atom stereocenters. The molecule has 122 valence electrons. The van der Waals surface area contributed by atoms with Gasteiger partial charge in [0.05, 0.1) is 5.92 Å². The highest BCUT2D eigenvalue weighted by Gasteiger charge is 2.30. The zero-order chi connectivity index (χ0) is 15.3. The number of carboxylic acids is 1. The second-order valence-corrected chi connectivity index (χ2v) is 7.54. The number of ether oxygens (including phenoxy) is 1. The maximum Gasteiger partial charge on any atom is 0.306 e. The average molecular weight is 320 g/mol. The second-order valence-electron chi connectivity index (χ2n) is 5.78. The van der Waals surface area contributed by atoms with E-state index < -0.39 is 22.1 Å². The van der Waals surface area contributed by atoms with Crippen LogP contribution in [0.1, 0.15) is 32.1 Å². The van der Waals surface area contributed by atoms with E-state index in [1.807, 2.05) is 0 Å². The summed E-state index contributed by atoms with van der Waals surface area (Å²) in [5.74, 6) is -0.544. The Labute approximate surface area is 125 Å². The summed E-state index contributed by atoms with van der Waals surface area (Å²) < 4.78 is 33.4. The quantitative estimate of drug-likeness (QED) is 0.601. The number of nitrogens with zero attached hydrogens (tertiary/aromatic N) is 1. The first kappa shape index (κ1) is 16.7. The number of piperidine rings is 1. The minimum atomic E-state index is -3.49. The van der Waals surface area contributed by atoms with Gasteiger partial charge in [-0.1, -0.05) is 0 Å². The summed E-state index contributed by atoms with van der Waals surface area (Å²) in [6, 6.07) is 0. The van der Waals surface area contributed by atoms with Gasteiger partial charge in [-0.2, -0.15) is 12.7 Å². The molecule has 1 saturated carbocycles. The molecule has 0 bridgehead atoms. The van der Waals surface area contributed by atoms with Crippen LogP contribution in [0.5, 0.6) is 0 Å². The van der Waals surface area contributed by atoms with Crippen molar-refractivity contribution in [1.29, 1.82) is 0 Å². The Morgan fingerprint density at radius 3 is 2.48 bits per heavy atom. The van der Waals surface area contributed by atoms with Crippen LogP contribution in [0.15, 0.2) is 0 Å². The van der Waals surface area contributed by atoms with Gasteiger partial charge in [0.25, 0.3) is 10.2 Å². The molecule has 1 heterocycles. The van der Waals surface area contributed by atoms with Crippen molar-refractivity contribution in [3.63, 3.8) is 0 Å². The summed E-state index contributed by atoms with van der Waals surface area (Å²) in [5.41, 5.74) is 0. The zero-order valence-corrected chi connectivity index (χ0v) is 13.0. The van der Waals surface area contributed by atoms with Gasteiger partial charge in [0.15, 0.2) is 0 Å². The van der Waals surface area contributed by atoms with Crippen molar-refractivity contribution in [2.45, 2.75) is 32.1 Å². The SMILES string of the molecule is O=C(O)C1CCN(S(=O)(=O)NCCCOCC2CC2)CC1. The number of aliphatic carboxylic acids is 1. The van der Waals surface area contributed by atoms with E-state index in [0.29, 0.717) is 32.4 Å². The number of hydrogen-bond donors (Lipinski definition) is 2. The zero-order valence-electron chi connectivity index (χ0n) is 12.2. The molecule has 2 aliphatic rings. The van der Waals surface area contributed by atoms with Crippen molar-refractivity contribution < 1.29 is 23.1 Å². The lowest BCUT2D eigenvalue weighted by Crippen LogP contribution is -2.46. The van der Waals surface area contributed by atoms with E-state index in [1.165, 1.54) is 17.1 Å². The van der Waals surface area contributed by atoms with Gasteiger partial charge in [0.2, 0.25) is 0 Å². The number of nitrogens with one attached hydrogen (secondary N) is 1. The van der Waals surface area contributed by atoms with Crippen molar-refractivity contribution in [1.82, 2.24) is 9.03 Å². The molecule has 1 aliphatic heterocycles. The molecular weight excluding hydrogens is 296 g/mol. The van der Waals surface area contributed by atoms with E-state index in [-0.39, 0.29) is 13.1 Å². The average Bonchev–Trinajstić information content (AvgIpc) is 3.27. The second kappa shape index (κ2) is 7.53. The van der Waals surface area contributed by atoms with Crippen molar-refractivity contribution >= 4 is 16.2 Å². The smallest absolute Gasteiger partial charge is 0.306 e. The molecule has 0 atom stereocenters. The number of rotatable bonds is 9. The molecule has 21 heavy (non-hydrogen) atoms. The lowest BCUT2D eigenvalue weighted by Gasteiger charge is -2.29. The third-order valence-corrected chi connectivity index (χ3v) is 5.56. The van der Waals surface area contributed by atoms with Crippen LogP contribution in [-0.4, -0.2) is 56.6 Å². The summed E-state index contributed by atoms with van der Waals surface area (Å²) in [4.78, 5) is 10.8. The van der Waals surface area contributed by atoms with Gasteiger partial charge in [-0.25, -0.2) is 4.72 Å². The molecule has 2 N–H and O–H groups in total. The van der Waals surface area contributed by atoms with E-state index in [4.69, 9.17) is 9.84 Å². The molecule has 2 rings (SSSR count). The summed E-state index contributed by atoms with van der Waals surface area (Å²) >= 11 is 0. The van der Waals surface area contributed by atoms with Crippen LogP contribution in [0.2, 0.25) is 0 Å². The molecule has 2 fully saturated rings. The Morgan fingerprint density at radius 1 is 1.24 bits per heavy atom. The summed E-state index contributed by atoms with van der Waals surface area (Å²) in [5, 5.41) is 8.90. The third-order valence-electron chi connectivity index (χ3n) is 3.94. The Kier molecular flexibility index (Phi) is 5.98. The Balaban J connectivity index is 1.61. The minimum absolute atomic E-state index is 0.268. The molecule has 0 aromatic heterocycles. The first-order chi connectivity index (χ1) is 9.99. The highest BCUT2D eigenvalue weighted by Crippen LogP contribution is 2.28. The van der Waals surface area contributed by atoms with E-state index in [1.54, 1.807) is 0 Å². The maximum absolute atomic E-state index is 12.0. The standard InChI is InChI=1S/C13H24N2O5S/c16-13(17)12-4-7-15(8-5-12)21(18,19)14-6-1-9-20-10-11-2-3-11/h11-12,14H,1-10H2,(H,16,17). The first-order valence-electron chi connectivity index (χ1n) is 7.54. The summed E-state index contributed by atoms with van der Waals surface area (Å²) in [6.45, 7) is 2.25. The molecular formula is C13H24N2O5S. The first-order valence-corrected chi connectivity index (χ1v) is 8.98. The van der Waals surface area contributed by atoms with Gasteiger partial charge in [0, 0.05) is 32.8 Å². The van der Waals surface area contributed by atoms with Gasteiger partial charge in [-0.3, -0.25) is 4.79 Å². The highest BCUT2D eigenvalue weighted by molar-refractivity contribution is 7.87. The molecule has 1 saturated heterocycles. The fraction of sp³-hybridized carbons (Fsp3) is 0.923. The predicted octanol–water partition coefficient (Wildman–Crippen LogP) is 0.434. The molecule has 0 spiro atoms. The van der Waals surface area contributed by atoms with Gasteiger partial charge in [-0.05, 0) is 38.0 Å². The lowest BCUT2D eigenvalue weighted by molar-refractivity contribution is -0.142. The lowest BCUT2D eigenvalue weighted by atomic mass is 9.99. The van der Waals surface area contributed by atoms with Gasteiger partial charge in [-0.15, -0.1) is 0 Å². The fourth-order valence-corrected chi connectivity index (χ4v) is 3.62. The van der Waals surface area contributed by atoms with Crippen LogP contribution in [-0.2, 0) is 19.7 Å². The van der Waals surface area contributed by atoms with Crippen molar-refractivity contribution in [2.75, 3.05) is 32.8 Å². The Morgan fingerprint density at radius 2 is 1.90 bits per heavy atom. The van der Waals surface area contributed by atoms with E-state index in [2.05, 4.69) is 4.72 Å². The largest absolute Gasteiger partial charge is 0.481 e. The van der Waals surface area contributed by atoms with Crippen LogP contribution in [0.25, 0.3) is 0 Å². The van der Waals surface area contributed by atoms with Crippen molar-refractivity contribution in [2.24, 2.45) is 11.8 Å². The maximum atomic E-state index is 12.0. The van der Waals surface area contributed by atoms with Crippen molar-refractivity contribution in [3.05, 3.63) is 0 Å².